The summed E-state index contributed by atoms with van der Waals surface area (Å²) in [4.78, 5) is 23.6. The van der Waals surface area contributed by atoms with Gasteiger partial charge in [-0.25, -0.2) is 14.8 Å². The summed E-state index contributed by atoms with van der Waals surface area (Å²) < 4.78 is 4.48. The Morgan fingerprint density at radius 1 is 1.56 bits per heavy atom. The molecule has 0 unspecified atom stereocenters. The Hall–Kier alpha value is -0.626. The maximum Gasteiger partial charge on any atom is 0.438 e. The maximum atomic E-state index is 11.3. The molecule has 7 nitrogen and oxygen atoms in total. The second-order valence-electron chi connectivity index (χ2n) is 2.46. The van der Waals surface area contributed by atoms with E-state index in [-0.39, 0.29) is 50.7 Å². The molecule has 1 aromatic heterocycles. The first-order chi connectivity index (χ1) is 7.24. The molecule has 0 aliphatic heterocycles. The number of anilines is 1. The number of hydrogen-bond donors (Lipinski definition) is 1. The predicted molar refractivity (Wildman–Crippen MR) is 49.8 cm³/mol. The number of ether oxygens (including phenoxy) is 1. The van der Waals surface area contributed by atoms with E-state index in [1.165, 1.54) is 26.7 Å². The number of aliphatic hydroxyl groups is 1. The summed E-state index contributed by atoms with van der Waals surface area (Å²) in [7, 11) is 2.52. The predicted octanol–water partition coefficient (Wildman–Crippen LogP) is 0.101. The number of aliphatic hydroxyl groups excluding tert-OH is 1. The molecule has 16 heavy (non-hydrogen) atoms. The number of carbonyl (C=O) groups excluding carboxylic acids is 1. The Bertz CT molecular complexity index is 350. The summed E-state index contributed by atoms with van der Waals surface area (Å²) in [5, 5.41) is 9.85. The molecule has 0 spiro atoms. The maximum absolute atomic E-state index is 11.3. The first-order valence-electron chi connectivity index (χ1n) is 4.06. The summed E-state index contributed by atoms with van der Waals surface area (Å²) in [5.74, 6) is 0. The van der Waals surface area contributed by atoms with Crippen molar-refractivity contribution in [3.05, 3.63) is 18.2 Å². The third-order valence-corrected chi connectivity index (χ3v) is 1.66. The van der Waals surface area contributed by atoms with Gasteiger partial charge in [0, 0.05) is 32.7 Å². The van der Waals surface area contributed by atoms with E-state index < -0.39 is 6.09 Å². The van der Waals surface area contributed by atoms with Crippen molar-refractivity contribution in [1.82, 2.24) is 9.97 Å². The SMILES string of the molecule is COC(=O)N(OC)c1cncnc1CO.[Y]. The number of amides is 1. The third kappa shape index (κ3) is 3.45. The molecular formula is C8H11N3O4Y. The smallest absolute Gasteiger partial charge is 0.438 e. The first-order valence-corrected chi connectivity index (χ1v) is 4.06. The van der Waals surface area contributed by atoms with Crippen LogP contribution in [0.3, 0.4) is 0 Å². The van der Waals surface area contributed by atoms with Crippen molar-refractivity contribution < 1.29 is 52.2 Å². The van der Waals surface area contributed by atoms with Crippen LogP contribution >= 0.6 is 0 Å². The van der Waals surface area contributed by atoms with Crippen LogP contribution in [0.5, 0.6) is 0 Å². The minimum atomic E-state index is -0.720. The van der Waals surface area contributed by atoms with Gasteiger partial charge in [-0.1, -0.05) is 0 Å². The number of nitrogens with zero attached hydrogens (tertiary/aromatic N) is 3. The molecule has 1 heterocycles. The molecule has 8 heteroatoms. The molecule has 85 valence electrons. The molecule has 0 bridgehead atoms. The number of rotatable bonds is 3. The van der Waals surface area contributed by atoms with E-state index in [9.17, 15) is 4.79 Å². The second kappa shape index (κ2) is 7.62. The van der Waals surface area contributed by atoms with Crippen molar-refractivity contribution in [1.29, 1.82) is 0 Å². The summed E-state index contributed by atoms with van der Waals surface area (Å²) in [6.07, 6.45) is 1.89. The summed E-state index contributed by atoms with van der Waals surface area (Å²) in [5.41, 5.74) is 0.520. The van der Waals surface area contributed by atoms with Gasteiger partial charge in [0.2, 0.25) is 0 Å². The molecule has 1 amide bonds. The molecule has 0 saturated carbocycles. The molecule has 1 aromatic rings. The van der Waals surface area contributed by atoms with E-state index in [1.54, 1.807) is 0 Å². The van der Waals surface area contributed by atoms with Crippen molar-refractivity contribution in [2.45, 2.75) is 6.61 Å². The molecule has 0 saturated heterocycles. The molecule has 0 aliphatic carbocycles. The number of methoxy groups -OCH3 is 1. The standard InChI is InChI=1S/C8H11N3O4.Y/c1-14-8(13)11(15-2)7-3-9-5-10-6(7)4-12;/h3,5,12H,4H2,1-2H3;. The Kier molecular flexibility index (Phi) is 7.32. The van der Waals surface area contributed by atoms with Crippen LogP contribution in [-0.2, 0) is 48.9 Å². The molecule has 0 aromatic carbocycles. The van der Waals surface area contributed by atoms with Gasteiger partial charge in [0.25, 0.3) is 0 Å². The summed E-state index contributed by atoms with van der Waals surface area (Å²) in [6.45, 7) is -0.325. The van der Waals surface area contributed by atoms with Crippen molar-refractivity contribution in [2.24, 2.45) is 0 Å². The van der Waals surface area contributed by atoms with Crippen LogP contribution in [0.1, 0.15) is 5.69 Å². The van der Waals surface area contributed by atoms with Gasteiger partial charge in [0.15, 0.2) is 0 Å². The van der Waals surface area contributed by atoms with Crippen molar-refractivity contribution in [2.75, 3.05) is 19.3 Å². The van der Waals surface area contributed by atoms with E-state index in [1.807, 2.05) is 0 Å². The van der Waals surface area contributed by atoms with Crippen LogP contribution in [0.4, 0.5) is 10.5 Å². The van der Waals surface area contributed by atoms with Crippen LogP contribution in [-0.4, -0.2) is 35.4 Å². The zero-order valence-corrected chi connectivity index (χ0v) is 11.8. The van der Waals surface area contributed by atoms with E-state index in [0.717, 1.165) is 5.06 Å². The monoisotopic (exact) mass is 302 g/mol. The molecule has 1 radical (unpaired) electrons. The van der Waals surface area contributed by atoms with Gasteiger partial charge < -0.3 is 9.84 Å². The van der Waals surface area contributed by atoms with E-state index in [2.05, 4.69) is 14.7 Å². The third-order valence-electron chi connectivity index (χ3n) is 1.66. The Morgan fingerprint density at radius 2 is 2.25 bits per heavy atom. The van der Waals surface area contributed by atoms with Crippen LogP contribution in [0, 0.1) is 0 Å². The topological polar surface area (TPSA) is 84.8 Å². The molecule has 0 fully saturated rings. The fraction of sp³-hybridized carbons (Fsp3) is 0.375. The Labute approximate surface area is 118 Å². The average molecular weight is 302 g/mol. The first kappa shape index (κ1) is 15.4. The number of hydroxylamine groups is 1. The molecule has 1 rings (SSSR count). The van der Waals surface area contributed by atoms with E-state index >= 15 is 0 Å². The Balaban J connectivity index is 0.00000225. The second-order valence-corrected chi connectivity index (χ2v) is 2.46. The van der Waals surface area contributed by atoms with Gasteiger partial charge in [-0.2, -0.15) is 0 Å². The average Bonchev–Trinajstić information content (AvgIpc) is 2.30. The van der Waals surface area contributed by atoms with E-state index in [0.29, 0.717) is 0 Å². The number of carbonyl (C=O) groups is 1. The van der Waals surface area contributed by atoms with Crippen LogP contribution < -0.4 is 5.06 Å². The van der Waals surface area contributed by atoms with Crippen LogP contribution in [0.2, 0.25) is 0 Å². The molecular weight excluding hydrogens is 291 g/mol. The molecule has 0 atom stereocenters. The van der Waals surface area contributed by atoms with Crippen LogP contribution in [0.25, 0.3) is 0 Å². The quantitative estimate of drug-likeness (QED) is 0.797. The fourth-order valence-corrected chi connectivity index (χ4v) is 0.993. The van der Waals surface area contributed by atoms with Gasteiger partial charge in [-0.3, -0.25) is 4.84 Å². The van der Waals surface area contributed by atoms with Crippen molar-refractivity contribution in [3.8, 4) is 0 Å². The van der Waals surface area contributed by atoms with Gasteiger partial charge in [0.05, 0.1) is 32.7 Å². The number of aromatic nitrogens is 2. The van der Waals surface area contributed by atoms with Gasteiger partial charge in [-0.15, -0.1) is 5.06 Å². The Morgan fingerprint density at radius 3 is 2.75 bits per heavy atom. The normalized spacial score (nSPS) is 9.19. The summed E-state index contributed by atoms with van der Waals surface area (Å²) in [6, 6.07) is 0. The fourth-order valence-electron chi connectivity index (χ4n) is 0.993. The van der Waals surface area contributed by atoms with Crippen LogP contribution in [0.15, 0.2) is 12.5 Å². The van der Waals surface area contributed by atoms with E-state index in [4.69, 9.17) is 9.94 Å². The van der Waals surface area contributed by atoms with Gasteiger partial charge >= 0.3 is 6.09 Å². The minimum absolute atomic E-state index is 0. The van der Waals surface area contributed by atoms with Crippen molar-refractivity contribution in [3.63, 3.8) is 0 Å². The summed E-state index contributed by atoms with van der Waals surface area (Å²) >= 11 is 0. The number of hydrogen-bond acceptors (Lipinski definition) is 6. The zero-order chi connectivity index (χ0) is 11.3. The largest absolute Gasteiger partial charge is 0.451 e. The molecule has 1 N–H and O–H groups in total. The van der Waals surface area contributed by atoms with Crippen molar-refractivity contribution >= 4 is 11.8 Å². The minimum Gasteiger partial charge on any atom is -0.451 e. The van der Waals surface area contributed by atoms with Gasteiger partial charge in [-0.05, 0) is 0 Å². The zero-order valence-electron chi connectivity index (χ0n) is 8.95. The van der Waals surface area contributed by atoms with Gasteiger partial charge in [0.1, 0.15) is 12.0 Å². The molecule has 0 aliphatic rings.